The van der Waals surface area contributed by atoms with Crippen molar-refractivity contribution in [1.82, 2.24) is 9.78 Å². The van der Waals surface area contributed by atoms with Crippen molar-refractivity contribution in [2.45, 2.75) is 51.5 Å². The molecule has 1 saturated carbocycles. The Balaban J connectivity index is 2.05. The third-order valence-electron chi connectivity index (χ3n) is 3.63. The first kappa shape index (κ1) is 11.6. The van der Waals surface area contributed by atoms with Gasteiger partial charge in [-0.2, -0.15) is 5.10 Å². The quantitative estimate of drug-likeness (QED) is 0.849. The topological polar surface area (TPSA) is 43.8 Å². The van der Waals surface area contributed by atoms with Gasteiger partial charge in [-0.05, 0) is 37.8 Å². The second kappa shape index (κ2) is 5.48. The highest BCUT2D eigenvalue weighted by Crippen LogP contribution is 2.28. The monoisotopic (exact) mass is 221 g/mol. The molecule has 0 aliphatic heterocycles. The van der Waals surface area contributed by atoms with Crippen LogP contribution in [0.15, 0.2) is 12.3 Å². The second-order valence-corrected chi connectivity index (χ2v) is 5.10. The van der Waals surface area contributed by atoms with E-state index in [0.717, 1.165) is 13.0 Å². The van der Waals surface area contributed by atoms with Crippen molar-refractivity contribution in [1.29, 1.82) is 0 Å². The minimum absolute atomic E-state index is 0.555. The lowest BCUT2D eigenvalue weighted by Gasteiger charge is -2.24. The summed E-state index contributed by atoms with van der Waals surface area (Å²) in [5.41, 5.74) is 7.05. The summed E-state index contributed by atoms with van der Waals surface area (Å²) in [7, 11) is 0. The van der Waals surface area contributed by atoms with Gasteiger partial charge in [0.25, 0.3) is 0 Å². The molecule has 1 aliphatic carbocycles. The van der Waals surface area contributed by atoms with Gasteiger partial charge >= 0.3 is 0 Å². The summed E-state index contributed by atoms with van der Waals surface area (Å²) in [6.45, 7) is 2.97. The third-order valence-corrected chi connectivity index (χ3v) is 3.63. The van der Waals surface area contributed by atoms with Crippen molar-refractivity contribution in [3.63, 3.8) is 0 Å². The Labute approximate surface area is 98.0 Å². The van der Waals surface area contributed by atoms with E-state index in [1.807, 2.05) is 6.20 Å². The molecule has 3 nitrogen and oxygen atoms in total. The van der Waals surface area contributed by atoms with Crippen LogP contribution in [0.5, 0.6) is 0 Å². The smallest absolute Gasteiger partial charge is 0.0522 e. The maximum Gasteiger partial charge on any atom is 0.0522 e. The number of aromatic nitrogens is 2. The van der Waals surface area contributed by atoms with Crippen LogP contribution in [0.3, 0.4) is 0 Å². The molecule has 1 aromatic heterocycles. The minimum atomic E-state index is 0.555. The van der Waals surface area contributed by atoms with Crippen LogP contribution < -0.4 is 5.73 Å². The zero-order chi connectivity index (χ0) is 11.4. The van der Waals surface area contributed by atoms with E-state index in [1.54, 1.807) is 0 Å². The number of hydrogen-bond donors (Lipinski definition) is 1. The highest BCUT2D eigenvalue weighted by molar-refractivity contribution is 5.03. The Bertz CT molecular complexity index is 313. The Morgan fingerprint density at radius 3 is 2.88 bits per heavy atom. The predicted molar refractivity (Wildman–Crippen MR) is 66.3 cm³/mol. The Morgan fingerprint density at radius 2 is 2.19 bits per heavy atom. The summed E-state index contributed by atoms with van der Waals surface area (Å²) in [5.74, 6) is 0.555. The fourth-order valence-electron chi connectivity index (χ4n) is 2.60. The lowest BCUT2D eigenvalue weighted by molar-refractivity contribution is 0.318. The third kappa shape index (κ3) is 2.64. The van der Waals surface area contributed by atoms with E-state index in [2.05, 4.69) is 22.8 Å². The summed E-state index contributed by atoms with van der Waals surface area (Å²) >= 11 is 0. The molecule has 0 saturated heterocycles. The van der Waals surface area contributed by atoms with Crippen LogP contribution in [0.25, 0.3) is 0 Å². The predicted octanol–water partition coefficient (Wildman–Crippen LogP) is 2.53. The molecule has 0 spiro atoms. The maximum atomic E-state index is 5.69. The highest BCUT2D eigenvalue weighted by Gasteiger charge is 2.18. The molecule has 90 valence electrons. The normalized spacial score (nSPS) is 19.9. The van der Waals surface area contributed by atoms with Crippen LogP contribution in [-0.2, 0) is 6.42 Å². The first-order valence-corrected chi connectivity index (χ1v) is 6.53. The number of nitrogens with zero attached hydrogens (tertiary/aromatic N) is 2. The van der Waals surface area contributed by atoms with E-state index in [1.165, 1.54) is 37.8 Å². The zero-order valence-corrected chi connectivity index (χ0v) is 10.2. The molecule has 0 amide bonds. The summed E-state index contributed by atoms with van der Waals surface area (Å²) < 4.78 is 2.26. The van der Waals surface area contributed by atoms with Gasteiger partial charge in [0.2, 0.25) is 0 Å². The van der Waals surface area contributed by atoms with Gasteiger partial charge in [0, 0.05) is 11.9 Å². The van der Waals surface area contributed by atoms with E-state index in [9.17, 15) is 0 Å². The van der Waals surface area contributed by atoms with E-state index in [4.69, 9.17) is 5.73 Å². The standard InChI is InChI=1S/C13H23N3/c1-11(10-14)9-13-7-8-15-16(13)12-5-3-2-4-6-12/h7-8,11-12H,2-6,9-10,14H2,1H3. The average Bonchev–Trinajstić information content (AvgIpc) is 2.78. The minimum Gasteiger partial charge on any atom is -0.330 e. The van der Waals surface area contributed by atoms with Gasteiger partial charge < -0.3 is 5.73 Å². The molecule has 1 fully saturated rings. The highest BCUT2D eigenvalue weighted by atomic mass is 15.3. The second-order valence-electron chi connectivity index (χ2n) is 5.10. The van der Waals surface area contributed by atoms with Crippen molar-refractivity contribution < 1.29 is 0 Å². The molecular formula is C13H23N3. The van der Waals surface area contributed by atoms with E-state index >= 15 is 0 Å². The lowest BCUT2D eigenvalue weighted by atomic mass is 9.95. The van der Waals surface area contributed by atoms with Crippen LogP contribution in [0.2, 0.25) is 0 Å². The summed E-state index contributed by atoms with van der Waals surface area (Å²) in [4.78, 5) is 0. The number of rotatable bonds is 4. The van der Waals surface area contributed by atoms with Crippen LogP contribution in [0.1, 0.15) is 50.8 Å². The van der Waals surface area contributed by atoms with Crippen molar-refractivity contribution in [3.8, 4) is 0 Å². The van der Waals surface area contributed by atoms with Gasteiger partial charge in [-0.25, -0.2) is 0 Å². The number of nitrogens with two attached hydrogens (primary N) is 1. The fourth-order valence-corrected chi connectivity index (χ4v) is 2.60. The molecule has 1 heterocycles. The lowest BCUT2D eigenvalue weighted by Crippen LogP contribution is -2.20. The van der Waals surface area contributed by atoms with Crippen molar-refractivity contribution in [2.24, 2.45) is 11.7 Å². The van der Waals surface area contributed by atoms with Gasteiger partial charge in [0.05, 0.1) is 6.04 Å². The van der Waals surface area contributed by atoms with Gasteiger partial charge in [-0.1, -0.05) is 26.2 Å². The molecule has 1 aliphatic rings. The molecule has 1 atom stereocenters. The zero-order valence-electron chi connectivity index (χ0n) is 10.2. The molecule has 3 heteroatoms. The molecule has 2 N–H and O–H groups in total. The van der Waals surface area contributed by atoms with E-state index in [-0.39, 0.29) is 0 Å². The van der Waals surface area contributed by atoms with E-state index < -0.39 is 0 Å². The van der Waals surface area contributed by atoms with Crippen LogP contribution in [-0.4, -0.2) is 16.3 Å². The van der Waals surface area contributed by atoms with E-state index in [0.29, 0.717) is 12.0 Å². The first-order valence-electron chi connectivity index (χ1n) is 6.53. The number of hydrogen-bond acceptors (Lipinski definition) is 2. The molecule has 1 unspecified atom stereocenters. The van der Waals surface area contributed by atoms with Crippen molar-refractivity contribution >= 4 is 0 Å². The van der Waals surface area contributed by atoms with Gasteiger partial charge in [-0.15, -0.1) is 0 Å². The average molecular weight is 221 g/mol. The van der Waals surface area contributed by atoms with Crippen LogP contribution >= 0.6 is 0 Å². The summed E-state index contributed by atoms with van der Waals surface area (Å²) in [6.07, 6.45) is 9.71. The molecule has 1 aromatic rings. The van der Waals surface area contributed by atoms with Gasteiger partial charge in [0.1, 0.15) is 0 Å². The Kier molecular flexibility index (Phi) is 3.99. The molecular weight excluding hydrogens is 198 g/mol. The molecule has 16 heavy (non-hydrogen) atoms. The Morgan fingerprint density at radius 1 is 1.44 bits per heavy atom. The molecule has 0 bridgehead atoms. The van der Waals surface area contributed by atoms with Crippen LogP contribution in [0, 0.1) is 5.92 Å². The molecule has 0 aromatic carbocycles. The summed E-state index contributed by atoms with van der Waals surface area (Å²) in [5, 5.41) is 4.50. The van der Waals surface area contributed by atoms with Gasteiger partial charge in [-0.3, -0.25) is 4.68 Å². The first-order chi connectivity index (χ1) is 7.81. The molecule has 0 radical (unpaired) electrons. The summed E-state index contributed by atoms with van der Waals surface area (Å²) in [6, 6.07) is 2.80. The molecule has 2 rings (SSSR count). The van der Waals surface area contributed by atoms with Gasteiger partial charge in [0.15, 0.2) is 0 Å². The van der Waals surface area contributed by atoms with Crippen molar-refractivity contribution in [3.05, 3.63) is 18.0 Å². The van der Waals surface area contributed by atoms with Crippen molar-refractivity contribution in [2.75, 3.05) is 6.54 Å². The Hall–Kier alpha value is -0.830. The SMILES string of the molecule is CC(CN)Cc1ccnn1C1CCCCC1. The fraction of sp³-hybridized carbons (Fsp3) is 0.769. The maximum absolute atomic E-state index is 5.69. The largest absolute Gasteiger partial charge is 0.330 e. The van der Waals surface area contributed by atoms with Crippen LogP contribution in [0.4, 0.5) is 0 Å².